The summed E-state index contributed by atoms with van der Waals surface area (Å²) in [5, 5.41) is 22.8. The number of hydrogen-bond donors (Lipinski definition) is 2. The van der Waals surface area contributed by atoms with E-state index in [1.54, 1.807) is 42.5 Å². The molecule has 0 fully saturated rings. The number of pyridine rings is 2. The van der Waals surface area contributed by atoms with Gasteiger partial charge >= 0.3 is 0 Å². The van der Waals surface area contributed by atoms with E-state index in [1.807, 2.05) is 48.2 Å². The van der Waals surface area contributed by atoms with Gasteiger partial charge in [0.25, 0.3) is 5.91 Å². The number of aryl methyl sites for hydroxylation is 1. The minimum absolute atomic E-state index is 0.0615. The molecule has 8 rings (SSSR count). The largest absolute Gasteiger partial charge is 0.506 e. The molecule has 2 heterocycles. The van der Waals surface area contributed by atoms with Crippen LogP contribution in [0.15, 0.2) is 89.4 Å². The van der Waals surface area contributed by atoms with E-state index in [9.17, 15) is 34.2 Å². The number of Topliss-reactive ketones (excluding diaryl/α,β-unsaturated/α-hetero) is 4. The van der Waals surface area contributed by atoms with E-state index < -0.39 is 23.4 Å². The van der Waals surface area contributed by atoms with E-state index in [0.717, 1.165) is 47.6 Å². The zero-order valence-corrected chi connectivity index (χ0v) is 35.8. The monoisotopic (exact) mass is 867 g/mol. The molecule has 60 heavy (non-hydrogen) atoms. The molecule has 1 amide bonds. The molecule has 11 heteroatoms. The first-order chi connectivity index (χ1) is 28.7. The highest BCUT2D eigenvalue weighted by Crippen LogP contribution is 2.43. The van der Waals surface area contributed by atoms with Gasteiger partial charge in [-0.15, -0.1) is 0 Å². The smallest absolute Gasteiger partial charge is 0.253 e. The average Bonchev–Trinajstić information content (AvgIpc) is 3.64. The van der Waals surface area contributed by atoms with Gasteiger partial charge in [-0.1, -0.05) is 82.5 Å². The lowest BCUT2D eigenvalue weighted by atomic mass is 9.96. The SMILES string of the molecule is CCCCN(CCCC)C(=O)c1ccc2c(c1)C(=O)C(c1nc3ccc(C(C)C)cc3cc1O)C2=O.Cc1ccc2c(c1)C(=O)C(c1nc3ccccc3c(Br)c1O)C2=O. The highest BCUT2D eigenvalue weighted by Gasteiger charge is 2.44. The molecule has 0 aliphatic heterocycles. The molecule has 2 aromatic heterocycles. The Morgan fingerprint density at radius 3 is 1.93 bits per heavy atom. The van der Waals surface area contributed by atoms with Crippen LogP contribution in [0.2, 0.25) is 0 Å². The molecule has 0 spiro atoms. The number of fused-ring (bicyclic) bond motifs is 4. The van der Waals surface area contributed by atoms with E-state index in [0.29, 0.717) is 51.2 Å². The molecule has 2 aliphatic rings. The third-order valence-corrected chi connectivity index (χ3v) is 12.1. The number of para-hydroxylation sites is 1. The fourth-order valence-corrected chi connectivity index (χ4v) is 8.41. The fourth-order valence-electron chi connectivity index (χ4n) is 7.88. The summed E-state index contributed by atoms with van der Waals surface area (Å²) in [4.78, 5) is 76.2. The Kier molecular flexibility index (Phi) is 12.1. The molecular formula is C49H46BrN3O7. The maximum absolute atomic E-state index is 13.4. The zero-order valence-electron chi connectivity index (χ0n) is 34.2. The number of aromatic hydroxyl groups is 2. The van der Waals surface area contributed by atoms with Crippen LogP contribution in [0.1, 0.15) is 145 Å². The van der Waals surface area contributed by atoms with Crippen LogP contribution in [0.5, 0.6) is 11.5 Å². The van der Waals surface area contributed by atoms with Crippen molar-refractivity contribution in [3.05, 3.63) is 140 Å². The number of aromatic nitrogens is 2. The molecule has 0 saturated carbocycles. The number of carbonyl (C=O) groups excluding carboxylic acids is 5. The van der Waals surface area contributed by atoms with Gasteiger partial charge in [0.05, 0.1) is 15.5 Å². The lowest BCUT2D eigenvalue weighted by Crippen LogP contribution is -2.33. The standard InChI is InChI=1S/C30H34N2O4.C19H12BrNO3/c1-5-7-13-32(14-8-6-2)30(36)20-9-11-22-23(16-20)29(35)26(28(22)34)27-25(33)17-21-15-19(18(3)4)10-12-24(21)31-27;1-9-6-7-10-12(8-9)18(23)14(17(10)22)16-19(24)15(20)11-4-2-3-5-13(11)21-16/h9-12,15-18,26,33H,5-8,13-14H2,1-4H3;2-8,14,24H,1H3. The number of benzene rings is 4. The van der Waals surface area contributed by atoms with Gasteiger partial charge in [-0.3, -0.25) is 24.0 Å². The van der Waals surface area contributed by atoms with Crippen molar-refractivity contribution >= 4 is 66.8 Å². The highest BCUT2D eigenvalue weighted by molar-refractivity contribution is 9.10. The number of amides is 1. The maximum atomic E-state index is 13.4. The first kappa shape index (κ1) is 42.1. The molecule has 0 bridgehead atoms. The van der Waals surface area contributed by atoms with Crippen molar-refractivity contribution in [2.75, 3.05) is 13.1 Å². The van der Waals surface area contributed by atoms with E-state index in [2.05, 4.69) is 53.6 Å². The molecule has 6 aromatic rings. The van der Waals surface area contributed by atoms with E-state index >= 15 is 0 Å². The predicted octanol–water partition coefficient (Wildman–Crippen LogP) is 10.4. The molecule has 306 valence electrons. The Labute approximate surface area is 356 Å². The van der Waals surface area contributed by atoms with Crippen molar-refractivity contribution in [3.63, 3.8) is 0 Å². The molecule has 2 atom stereocenters. The molecule has 0 radical (unpaired) electrons. The van der Waals surface area contributed by atoms with Crippen molar-refractivity contribution in [1.82, 2.24) is 14.9 Å². The number of rotatable bonds is 10. The number of nitrogens with zero attached hydrogens (tertiary/aromatic N) is 3. The number of carbonyl (C=O) groups is 5. The summed E-state index contributed by atoms with van der Waals surface area (Å²) in [6.07, 6.45) is 3.78. The van der Waals surface area contributed by atoms with Crippen LogP contribution in [0.25, 0.3) is 21.8 Å². The third kappa shape index (κ3) is 7.74. The van der Waals surface area contributed by atoms with Crippen LogP contribution < -0.4 is 0 Å². The van der Waals surface area contributed by atoms with Gasteiger partial charge in [0, 0.05) is 51.7 Å². The summed E-state index contributed by atoms with van der Waals surface area (Å²) in [6, 6.07) is 24.5. The summed E-state index contributed by atoms with van der Waals surface area (Å²) in [5.74, 6) is -3.92. The van der Waals surface area contributed by atoms with Crippen molar-refractivity contribution in [1.29, 1.82) is 0 Å². The molecule has 2 aliphatic carbocycles. The molecular weight excluding hydrogens is 822 g/mol. The van der Waals surface area contributed by atoms with E-state index in [4.69, 9.17) is 0 Å². The molecule has 10 nitrogen and oxygen atoms in total. The van der Waals surface area contributed by atoms with Gasteiger partial charge in [-0.2, -0.15) is 0 Å². The minimum Gasteiger partial charge on any atom is -0.506 e. The van der Waals surface area contributed by atoms with Gasteiger partial charge in [-0.05, 0) is 95.7 Å². The van der Waals surface area contributed by atoms with Crippen LogP contribution in [-0.4, -0.2) is 67.2 Å². The number of unbranched alkanes of at least 4 members (excludes halogenated alkanes) is 2. The van der Waals surface area contributed by atoms with Crippen molar-refractivity contribution < 1.29 is 34.2 Å². The number of ketones is 4. The number of hydrogen-bond acceptors (Lipinski definition) is 9. The van der Waals surface area contributed by atoms with E-state index in [1.165, 1.54) is 6.07 Å². The lowest BCUT2D eigenvalue weighted by molar-refractivity contribution is 0.0749. The zero-order chi connectivity index (χ0) is 43.0. The molecule has 4 aromatic carbocycles. The second-order valence-electron chi connectivity index (χ2n) is 15.8. The molecule has 0 saturated heterocycles. The topological polar surface area (TPSA) is 155 Å². The van der Waals surface area contributed by atoms with Crippen LogP contribution in [0, 0.1) is 6.92 Å². The fraction of sp³-hybridized carbons (Fsp3) is 0.286. The lowest BCUT2D eigenvalue weighted by Gasteiger charge is -2.22. The molecule has 2 unspecified atom stereocenters. The first-order valence-electron chi connectivity index (χ1n) is 20.4. The van der Waals surface area contributed by atoms with Crippen molar-refractivity contribution in [3.8, 4) is 11.5 Å². The highest BCUT2D eigenvalue weighted by atomic mass is 79.9. The minimum atomic E-state index is -1.21. The van der Waals surface area contributed by atoms with Gasteiger partial charge in [0.1, 0.15) is 29.0 Å². The Morgan fingerprint density at radius 1 is 0.700 bits per heavy atom. The van der Waals surface area contributed by atoms with Gasteiger partial charge < -0.3 is 15.1 Å². The summed E-state index contributed by atoms with van der Waals surface area (Å²) in [6.45, 7) is 11.5. The Morgan fingerprint density at radius 2 is 1.28 bits per heavy atom. The van der Waals surface area contributed by atoms with Gasteiger partial charge in [0.2, 0.25) is 0 Å². The summed E-state index contributed by atoms with van der Waals surface area (Å²) >= 11 is 3.35. The van der Waals surface area contributed by atoms with Crippen molar-refractivity contribution in [2.24, 2.45) is 0 Å². The maximum Gasteiger partial charge on any atom is 0.253 e. The second kappa shape index (κ2) is 17.3. The van der Waals surface area contributed by atoms with Crippen LogP contribution in [0.3, 0.4) is 0 Å². The summed E-state index contributed by atoms with van der Waals surface area (Å²) in [7, 11) is 0. The summed E-state index contributed by atoms with van der Waals surface area (Å²) < 4.78 is 0.441. The Balaban J connectivity index is 0.000000196. The Bertz CT molecular complexity index is 2730. The third-order valence-electron chi connectivity index (χ3n) is 11.3. The quantitative estimate of drug-likeness (QED) is 0.128. The predicted molar refractivity (Wildman–Crippen MR) is 235 cm³/mol. The summed E-state index contributed by atoms with van der Waals surface area (Å²) in [5.41, 5.74) is 5.09. The second-order valence-corrected chi connectivity index (χ2v) is 16.6. The first-order valence-corrected chi connectivity index (χ1v) is 21.2. The van der Waals surface area contributed by atoms with E-state index in [-0.39, 0.29) is 51.5 Å². The van der Waals surface area contributed by atoms with Gasteiger partial charge in [-0.25, -0.2) is 9.97 Å². The van der Waals surface area contributed by atoms with Crippen LogP contribution in [0.4, 0.5) is 0 Å². The van der Waals surface area contributed by atoms with Crippen molar-refractivity contribution in [2.45, 2.75) is 78.1 Å². The number of halogens is 1. The van der Waals surface area contributed by atoms with Crippen LogP contribution in [-0.2, 0) is 0 Å². The average molecular weight is 869 g/mol. The normalized spacial score (nSPS) is 15.7. The Hall–Kier alpha value is -6.07. The molecule has 2 N–H and O–H groups in total. The van der Waals surface area contributed by atoms with Gasteiger partial charge in [0.15, 0.2) is 28.9 Å². The van der Waals surface area contributed by atoms with Crippen LogP contribution >= 0.6 is 15.9 Å².